The number of aliphatic hydroxyl groups excluding tert-OH is 1. The molecule has 2 aromatic rings. The standard InChI is InChI=1S/C23H20BrClO4/c1-2-11-3-5-13(28-16-6-4-12(24)9-15(16)25)10-14(11)19-22(26)20-17-7-8-18(29-17)21(20)23(19)27/h3-6,9-10,17-18,20-21,26H,2,7-8H2,1H3/t17-,18+,20-,21+/m1/s1. The largest absolute Gasteiger partial charge is 0.511 e. The van der Waals surface area contributed by atoms with E-state index in [9.17, 15) is 9.90 Å². The summed E-state index contributed by atoms with van der Waals surface area (Å²) < 4.78 is 12.7. The first-order valence-corrected chi connectivity index (χ1v) is 11.0. The van der Waals surface area contributed by atoms with Gasteiger partial charge in [0, 0.05) is 4.47 Å². The van der Waals surface area contributed by atoms with Crippen molar-refractivity contribution in [2.75, 3.05) is 0 Å². The van der Waals surface area contributed by atoms with Crippen molar-refractivity contribution in [3.8, 4) is 11.5 Å². The molecule has 0 aromatic heterocycles. The molecule has 2 fully saturated rings. The van der Waals surface area contributed by atoms with Crippen molar-refractivity contribution < 1.29 is 19.4 Å². The Morgan fingerprint density at radius 3 is 2.62 bits per heavy atom. The first-order chi connectivity index (χ1) is 14.0. The van der Waals surface area contributed by atoms with E-state index in [1.165, 1.54) is 0 Å². The third-order valence-corrected chi connectivity index (χ3v) is 7.04. The summed E-state index contributed by atoms with van der Waals surface area (Å²) in [6.07, 6.45) is 2.43. The zero-order valence-electron chi connectivity index (χ0n) is 15.8. The van der Waals surface area contributed by atoms with Gasteiger partial charge in [0.1, 0.15) is 17.3 Å². The molecule has 0 saturated carbocycles. The van der Waals surface area contributed by atoms with Gasteiger partial charge in [-0.05, 0) is 60.7 Å². The maximum absolute atomic E-state index is 13.3. The van der Waals surface area contributed by atoms with Crippen LogP contribution in [0.4, 0.5) is 0 Å². The summed E-state index contributed by atoms with van der Waals surface area (Å²) in [4.78, 5) is 13.3. The van der Waals surface area contributed by atoms with Crippen LogP contribution in [0.25, 0.3) is 5.57 Å². The predicted molar refractivity (Wildman–Crippen MR) is 114 cm³/mol. The molecule has 1 aliphatic carbocycles. The van der Waals surface area contributed by atoms with Crippen LogP contribution in [-0.4, -0.2) is 23.1 Å². The van der Waals surface area contributed by atoms with Crippen molar-refractivity contribution in [1.82, 2.24) is 0 Å². The molecule has 6 heteroatoms. The SMILES string of the molecule is CCc1ccc(Oc2ccc(Br)cc2Cl)cc1C1=C(O)[C@H]2[C@@H](C1=O)[C@@H]1CC[C@H]2O1. The first-order valence-electron chi connectivity index (χ1n) is 9.87. The van der Waals surface area contributed by atoms with E-state index < -0.39 is 0 Å². The maximum atomic E-state index is 13.3. The molecular weight excluding hydrogens is 456 g/mol. The van der Waals surface area contributed by atoms with Gasteiger partial charge in [0.15, 0.2) is 5.78 Å². The van der Waals surface area contributed by atoms with Crippen LogP contribution in [0, 0.1) is 11.8 Å². The Balaban J connectivity index is 1.54. The molecule has 150 valence electrons. The van der Waals surface area contributed by atoms with Gasteiger partial charge in [-0.3, -0.25) is 4.79 Å². The summed E-state index contributed by atoms with van der Waals surface area (Å²) in [6, 6.07) is 11.1. The Morgan fingerprint density at radius 1 is 1.17 bits per heavy atom. The minimum absolute atomic E-state index is 0.00627. The van der Waals surface area contributed by atoms with E-state index in [4.69, 9.17) is 21.1 Å². The third kappa shape index (κ3) is 3.02. The summed E-state index contributed by atoms with van der Waals surface area (Å²) in [5, 5.41) is 11.5. The number of rotatable bonds is 4. The minimum Gasteiger partial charge on any atom is -0.511 e. The number of hydrogen-bond donors (Lipinski definition) is 1. The fraction of sp³-hybridized carbons (Fsp3) is 0.348. The van der Waals surface area contributed by atoms with Gasteiger partial charge < -0.3 is 14.6 Å². The number of carbonyl (C=O) groups excluding carboxylic acids is 1. The van der Waals surface area contributed by atoms with E-state index in [-0.39, 0.29) is 35.6 Å². The lowest BCUT2D eigenvalue weighted by Gasteiger charge is -2.19. The van der Waals surface area contributed by atoms with Gasteiger partial charge in [0.2, 0.25) is 0 Å². The maximum Gasteiger partial charge on any atom is 0.173 e. The van der Waals surface area contributed by atoms with Gasteiger partial charge in [-0.1, -0.05) is 40.5 Å². The summed E-state index contributed by atoms with van der Waals surface area (Å²) in [6.45, 7) is 2.04. The highest BCUT2D eigenvalue weighted by Gasteiger charge is 2.59. The molecule has 0 spiro atoms. The molecule has 2 saturated heterocycles. The summed E-state index contributed by atoms with van der Waals surface area (Å²) in [7, 11) is 0. The molecule has 2 heterocycles. The quantitative estimate of drug-likeness (QED) is 0.580. The van der Waals surface area contributed by atoms with Gasteiger partial charge in [-0.15, -0.1) is 0 Å². The number of aliphatic hydroxyl groups is 1. The average Bonchev–Trinajstić information content (AvgIpc) is 3.38. The van der Waals surface area contributed by atoms with Crippen molar-refractivity contribution in [1.29, 1.82) is 0 Å². The first kappa shape index (κ1) is 19.2. The Hall–Kier alpha value is -1.82. The number of halogens is 2. The number of aryl methyl sites for hydroxylation is 1. The lowest BCUT2D eigenvalue weighted by Crippen LogP contribution is -2.29. The van der Waals surface area contributed by atoms with Crippen LogP contribution >= 0.6 is 27.5 Å². The van der Waals surface area contributed by atoms with Crippen LogP contribution < -0.4 is 4.74 Å². The molecule has 2 bridgehead atoms. The zero-order valence-corrected chi connectivity index (χ0v) is 18.2. The van der Waals surface area contributed by atoms with Crippen molar-refractivity contribution in [3.05, 3.63) is 62.8 Å². The van der Waals surface area contributed by atoms with Crippen molar-refractivity contribution in [2.24, 2.45) is 11.8 Å². The molecule has 2 aliphatic heterocycles. The monoisotopic (exact) mass is 474 g/mol. The Labute approximate surface area is 182 Å². The number of hydrogen-bond acceptors (Lipinski definition) is 4. The van der Waals surface area contributed by atoms with Crippen LogP contribution in [0.15, 0.2) is 46.6 Å². The van der Waals surface area contributed by atoms with Gasteiger partial charge in [-0.25, -0.2) is 0 Å². The Kier molecular flexibility index (Phi) is 4.72. The van der Waals surface area contributed by atoms with E-state index >= 15 is 0 Å². The molecule has 0 unspecified atom stereocenters. The molecular formula is C23H20BrClO4. The number of ketones is 1. The van der Waals surface area contributed by atoms with Crippen LogP contribution in [0.2, 0.25) is 5.02 Å². The van der Waals surface area contributed by atoms with Crippen molar-refractivity contribution in [2.45, 2.75) is 38.4 Å². The van der Waals surface area contributed by atoms with E-state index in [2.05, 4.69) is 15.9 Å². The highest BCUT2D eigenvalue weighted by atomic mass is 79.9. The summed E-state index contributed by atoms with van der Waals surface area (Å²) in [5.41, 5.74) is 2.18. The second-order valence-electron chi connectivity index (χ2n) is 7.82. The fourth-order valence-corrected chi connectivity index (χ4v) is 5.65. The van der Waals surface area contributed by atoms with Crippen molar-refractivity contribution >= 4 is 38.9 Å². The van der Waals surface area contributed by atoms with Crippen LogP contribution in [-0.2, 0) is 16.0 Å². The summed E-state index contributed by atoms with van der Waals surface area (Å²) in [5.74, 6) is 0.828. The lowest BCUT2D eigenvalue weighted by molar-refractivity contribution is -0.118. The van der Waals surface area contributed by atoms with Crippen LogP contribution in [0.1, 0.15) is 30.9 Å². The molecule has 4 atom stereocenters. The Morgan fingerprint density at radius 2 is 1.93 bits per heavy atom. The predicted octanol–water partition coefficient (Wildman–Crippen LogP) is 6.10. The molecule has 4 nitrogen and oxygen atoms in total. The van der Waals surface area contributed by atoms with E-state index in [1.807, 2.05) is 31.2 Å². The average molecular weight is 476 g/mol. The normalized spacial score (nSPS) is 27.6. The molecule has 1 N–H and O–H groups in total. The fourth-order valence-electron chi connectivity index (χ4n) is 4.93. The topological polar surface area (TPSA) is 55.8 Å². The molecule has 0 radical (unpaired) electrons. The van der Waals surface area contributed by atoms with Gasteiger partial charge in [0.05, 0.1) is 34.6 Å². The van der Waals surface area contributed by atoms with Crippen molar-refractivity contribution in [3.63, 3.8) is 0 Å². The number of ether oxygens (including phenoxy) is 2. The highest BCUT2D eigenvalue weighted by Crippen LogP contribution is 2.54. The smallest absolute Gasteiger partial charge is 0.173 e. The number of carbonyl (C=O) groups is 1. The summed E-state index contributed by atoms with van der Waals surface area (Å²) >= 11 is 9.67. The molecule has 29 heavy (non-hydrogen) atoms. The lowest BCUT2D eigenvalue weighted by atomic mass is 9.80. The number of Topliss-reactive ketones (excluding diaryl/α,β-unsaturated/α-hetero) is 1. The molecule has 5 rings (SSSR count). The van der Waals surface area contributed by atoms with Gasteiger partial charge >= 0.3 is 0 Å². The number of fused-ring (bicyclic) bond motifs is 5. The van der Waals surface area contributed by atoms with Gasteiger partial charge in [0.25, 0.3) is 0 Å². The molecule has 2 aromatic carbocycles. The molecule has 3 aliphatic rings. The Bertz CT molecular complexity index is 1050. The number of benzene rings is 2. The third-order valence-electron chi connectivity index (χ3n) is 6.25. The highest BCUT2D eigenvalue weighted by molar-refractivity contribution is 9.10. The zero-order chi connectivity index (χ0) is 20.3. The van der Waals surface area contributed by atoms with Gasteiger partial charge in [-0.2, -0.15) is 0 Å². The second kappa shape index (κ2) is 7.15. The van der Waals surface area contributed by atoms with E-state index in [1.54, 1.807) is 12.1 Å². The van der Waals surface area contributed by atoms with Crippen LogP contribution in [0.3, 0.4) is 0 Å². The second-order valence-corrected chi connectivity index (χ2v) is 9.14. The van der Waals surface area contributed by atoms with E-state index in [0.29, 0.717) is 22.1 Å². The molecule has 0 amide bonds. The minimum atomic E-state index is -0.251. The van der Waals surface area contributed by atoms with E-state index in [0.717, 1.165) is 34.9 Å². The number of allylic oxidation sites excluding steroid dienone is 1. The van der Waals surface area contributed by atoms with Crippen LogP contribution in [0.5, 0.6) is 11.5 Å².